The van der Waals surface area contributed by atoms with Gasteiger partial charge in [0.2, 0.25) is 5.88 Å². The van der Waals surface area contributed by atoms with E-state index in [9.17, 15) is 0 Å². The standard InChI is InChI=1S/C21H16N2O/c1-24-20-13-12-18-21(23-20)17(15-8-4-2-5-9-15)14-19(22-18)16-10-6-3-7-11-16/h2-14H,1H3. The molecule has 4 aromatic rings. The summed E-state index contributed by atoms with van der Waals surface area (Å²) in [5, 5.41) is 0. The van der Waals surface area contributed by atoms with Gasteiger partial charge in [0, 0.05) is 17.2 Å². The van der Waals surface area contributed by atoms with Gasteiger partial charge in [-0.25, -0.2) is 9.97 Å². The first-order chi connectivity index (χ1) is 11.8. The fraction of sp³-hybridized carbons (Fsp3) is 0.0476. The SMILES string of the molecule is COc1ccc2nc(-c3ccccc3)cc(-c3ccccc3)c2n1. The molecule has 0 aliphatic heterocycles. The van der Waals surface area contributed by atoms with E-state index in [2.05, 4.69) is 35.3 Å². The van der Waals surface area contributed by atoms with Gasteiger partial charge in [-0.05, 0) is 17.7 Å². The third kappa shape index (κ3) is 2.61. The monoisotopic (exact) mass is 312 g/mol. The third-order valence-corrected chi connectivity index (χ3v) is 3.99. The average Bonchev–Trinajstić information content (AvgIpc) is 2.68. The van der Waals surface area contributed by atoms with Gasteiger partial charge in [-0.1, -0.05) is 60.7 Å². The van der Waals surface area contributed by atoms with E-state index in [0.717, 1.165) is 33.4 Å². The summed E-state index contributed by atoms with van der Waals surface area (Å²) in [6.45, 7) is 0. The van der Waals surface area contributed by atoms with E-state index in [0.29, 0.717) is 5.88 Å². The van der Waals surface area contributed by atoms with E-state index in [1.54, 1.807) is 7.11 Å². The highest BCUT2D eigenvalue weighted by Crippen LogP contribution is 2.31. The summed E-state index contributed by atoms with van der Waals surface area (Å²) in [5.41, 5.74) is 5.90. The maximum Gasteiger partial charge on any atom is 0.213 e. The van der Waals surface area contributed by atoms with Crippen molar-refractivity contribution >= 4 is 11.0 Å². The molecular weight excluding hydrogens is 296 g/mol. The van der Waals surface area contributed by atoms with Crippen molar-refractivity contribution in [1.82, 2.24) is 9.97 Å². The summed E-state index contributed by atoms with van der Waals surface area (Å²) in [5.74, 6) is 0.592. The summed E-state index contributed by atoms with van der Waals surface area (Å²) >= 11 is 0. The minimum Gasteiger partial charge on any atom is -0.481 e. The van der Waals surface area contributed by atoms with Crippen LogP contribution in [0.2, 0.25) is 0 Å². The van der Waals surface area contributed by atoms with Gasteiger partial charge in [0.1, 0.15) is 5.52 Å². The average molecular weight is 312 g/mol. The van der Waals surface area contributed by atoms with E-state index in [4.69, 9.17) is 9.72 Å². The third-order valence-electron chi connectivity index (χ3n) is 3.99. The van der Waals surface area contributed by atoms with Crippen LogP contribution in [0.4, 0.5) is 0 Å². The number of aromatic nitrogens is 2. The molecule has 116 valence electrons. The minimum atomic E-state index is 0.592. The summed E-state index contributed by atoms with van der Waals surface area (Å²) < 4.78 is 5.29. The molecule has 0 saturated heterocycles. The van der Waals surface area contributed by atoms with Gasteiger partial charge < -0.3 is 4.74 Å². The van der Waals surface area contributed by atoms with E-state index in [1.165, 1.54) is 0 Å². The molecule has 2 aromatic heterocycles. The van der Waals surface area contributed by atoms with E-state index < -0.39 is 0 Å². The molecule has 0 bridgehead atoms. The van der Waals surface area contributed by atoms with Crippen molar-refractivity contribution in [2.24, 2.45) is 0 Å². The molecule has 24 heavy (non-hydrogen) atoms. The number of ether oxygens (including phenoxy) is 1. The molecule has 4 rings (SSSR count). The van der Waals surface area contributed by atoms with Crippen LogP contribution in [0, 0.1) is 0 Å². The Hall–Kier alpha value is -3.20. The number of hydrogen-bond donors (Lipinski definition) is 0. The van der Waals surface area contributed by atoms with Gasteiger partial charge in [0.15, 0.2) is 0 Å². The van der Waals surface area contributed by atoms with Crippen molar-refractivity contribution in [3.05, 3.63) is 78.9 Å². The van der Waals surface area contributed by atoms with Crippen molar-refractivity contribution in [3.63, 3.8) is 0 Å². The lowest BCUT2D eigenvalue weighted by Crippen LogP contribution is -1.94. The molecule has 0 radical (unpaired) electrons. The predicted octanol–water partition coefficient (Wildman–Crippen LogP) is 4.97. The van der Waals surface area contributed by atoms with Crippen LogP contribution in [0.3, 0.4) is 0 Å². The van der Waals surface area contributed by atoms with Gasteiger partial charge >= 0.3 is 0 Å². The van der Waals surface area contributed by atoms with Crippen molar-refractivity contribution in [3.8, 4) is 28.3 Å². The van der Waals surface area contributed by atoms with Crippen molar-refractivity contribution in [2.75, 3.05) is 7.11 Å². The van der Waals surface area contributed by atoms with Gasteiger partial charge in [0.05, 0.1) is 18.3 Å². The number of methoxy groups -OCH3 is 1. The van der Waals surface area contributed by atoms with Crippen LogP contribution in [-0.4, -0.2) is 17.1 Å². The highest BCUT2D eigenvalue weighted by Gasteiger charge is 2.11. The van der Waals surface area contributed by atoms with Gasteiger partial charge in [0.25, 0.3) is 0 Å². The summed E-state index contributed by atoms with van der Waals surface area (Å²) in [4.78, 5) is 9.41. The number of benzene rings is 2. The second kappa shape index (κ2) is 6.13. The van der Waals surface area contributed by atoms with E-state index >= 15 is 0 Å². The maximum absolute atomic E-state index is 5.29. The molecular formula is C21H16N2O. The topological polar surface area (TPSA) is 35.0 Å². The van der Waals surface area contributed by atoms with Gasteiger partial charge in [-0.15, -0.1) is 0 Å². The summed E-state index contributed by atoms with van der Waals surface area (Å²) in [6, 6.07) is 26.3. The molecule has 0 amide bonds. The Labute approximate surface area is 140 Å². The maximum atomic E-state index is 5.29. The number of nitrogens with zero attached hydrogens (tertiary/aromatic N) is 2. The first-order valence-corrected chi connectivity index (χ1v) is 7.82. The Morgan fingerprint density at radius 3 is 2.04 bits per heavy atom. The number of pyridine rings is 2. The molecule has 0 atom stereocenters. The van der Waals surface area contributed by atoms with Crippen LogP contribution >= 0.6 is 0 Å². The highest BCUT2D eigenvalue weighted by atomic mass is 16.5. The zero-order chi connectivity index (χ0) is 16.4. The molecule has 0 N–H and O–H groups in total. The van der Waals surface area contributed by atoms with Crippen LogP contribution in [0.15, 0.2) is 78.9 Å². The second-order valence-electron chi connectivity index (χ2n) is 5.51. The number of hydrogen-bond acceptors (Lipinski definition) is 3. The molecule has 0 aliphatic carbocycles. The lowest BCUT2D eigenvalue weighted by Gasteiger charge is -2.10. The fourth-order valence-electron chi connectivity index (χ4n) is 2.80. The van der Waals surface area contributed by atoms with Crippen molar-refractivity contribution < 1.29 is 4.74 Å². The Balaban J connectivity index is 2.02. The Morgan fingerprint density at radius 2 is 1.38 bits per heavy atom. The molecule has 3 heteroatoms. The quantitative estimate of drug-likeness (QED) is 0.535. The molecule has 0 fully saturated rings. The molecule has 2 aromatic carbocycles. The smallest absolute Gasteiger partial charge is 0.213 e. The molecule has 0 spiro atoms. The molecule has 3 nitrogen and oxygen atoms in total. The van der Waals surface area contributed by atoms with Crippen LogP contribution in [0.1, 0.15) is 0 Å². The Morgan fingerprint density at radius 1 is 0.708 bits per heavy atom. The summed E-state index contributed by atoms with van der Waals surface area (Å²) in [6.07, 6.45) is 0. The van der Waals surface area contributed by atoms with Crippen LogP contribution in [0.5, 0.6) is 5.88 Å². The molecule has 0 aliphatic rings. The lowest BCUT2D eigenvalue weighted by atomic mass is 10.0. The fourth-order valence-corrected chi connectivity index (χ4v) is 2.80. The van der Waals surface area contributed by atoms with E-state index in [-0.39, 0.29) is 0 Å². The lowest BCUT2D eigenvalue weighted by molar-refractivity contribution is 0.399. The largest absolute Gasteiger partial charge is 0.481 e. The zero-order valence-electron chi connectivity index (χ0n) is 13.3. The predicted molar refractivity (Wildman–Crippen MR) is 97.0 cm³/mol. The Kier molecular flexibility index (Phi) is 3.67. The van der Waals surface area contributed by atoms with Crippen LogP contribution < -0.4 is 4.74 Å². The zero-order valence-corrected chi connectivity index (χ0v) is 13.3. The number of rotatable bonds is 3. The van der Waals surface area contributed by atoms with Crippen molar-refractivity contribution in [2.45, 2.75) is 0 Å². The summed E-state index contributed by atoms with van der Waals surface area (Å²) in [7, 11) is 1.63. The molecule has 0 unspecified atom stereocenters. The van der Waals surface area contributed by atoms with Gasteiger partial charge in [-0.3, -0.25) is 0 Å². The Bertz CT molecular complexity index is 983. The number of fused-ring (bicyclic) bond motifs is 1. The van der Waals surface area contributed by atoms with Crippen molar-refractivity contribution in [1.29, 1.82) is 0 Å². The first-order valence-electron chi connectivity index (χ1n) is 7.82. The second-order valence-corrected chi connectivity index (χ2v) is 5.51. The molecule has 2 heterocycles. The first kappa shape index (κ1) is 14.4. The van der Waals surface area contributed by atoms with Crippen LogP contribution in [0.25, 0.3) is 33.4 Å². The minimum absolute atomic E-state index is 0.592. The normalized spacial score (nSPS) is 10.7. The van der Waals surface area contributed by atoms with Gasteiger partial charge in [-0.2, -0.15) is 0 Å². The van der Waals surface area contributed by atoms with Crippen LogP contribution in [-0.2, 0) is 0 Å². The van der Waals surface area contributed by atoms with E-state index in [1.807, 2.05) is 48.5 Å². The molecule has 0 saturated carbocycles. The highest BCUT2D eigenvalue weighted by molar-refractivity contribution is 5.94.